The Balaban J connectivity index is 2.19. The molecule has 4 heteroatoms. The molecule has 0 aliphatic carbocycles. The maximum absolute atomic E-state index is 5.79. The van der Waals surface area contributed by atoms with Crippen LogP contribution in [0.4, 0.5) is 5.82 Å². The van der Waals surface area contributed by atoms with Gasteiger partial charge in [0.15, 0.2) is 0 Å². The average Bonchev–Trinajstić information content (AvgIpc) is 2.39. The van der Waals surface area contributed by atoms with E-state index in [0.29, 0.717) is 6.54 Å². The first-order valence-corrected chi connectivity index (χ1v) is 5.60. The highest BCUT2D eigenvalue weighted by Crippen LogP contribution is 2.18. The molecule has 0 aliphatic heterocycles. The second-order valence-corrected chi connectivity index (χ2v) is 3.83. The Hall–Kier alpha value is -1.94. The quantitative estimate of drug-likeness (QED) is 0.839. The van der Waals surface area contributed by atoms with E-state index in [9.17, 15) is 0 Å². The van der Waals surface area contributed by atoms with Crippen LogP contribution in [0.1, 0.15) is 17.3 Å². The molecule has 0 saturated heterocycles. The van der Waals surface area contributed by atoms with Crippen LogP contribution < -0.4 is 11.1 Å². The first-order chi connectivity index (χ1) is 8.31. The number of aryl methyl sites for hydroxylation is 1. The molecular weight excluding hydrogens is 212 g/mol. The highest BCUT2D eigenvalue weighted by molar-refractivity contribution is 5.41. The third-order valence-electron chi connectivity index (χ3n) is 2.63. The SMILES string of the molecule is Cc1nccnc1NC(CN)c1ccccc1. The summed E-state index contributed by atoms with van der Waals surface area (Å²) in [5.41, 5.74) is 7.82. The molecule has 0 spiro atoms. The van der Waals surface area contributed by atoms with Gasteiger partial charge in [-0.25, -0.2) is 4.98 Å². The van der Waals surface area contributed by atoms with Crippen molar-refractivity contribution < 1.29 is 0 Å². The van der Waals surface area contributed by atoms with Crippen LogP contribution in [0.25, 0.3) is 0 Å². The summed E-state index contributed by atoms with van der Waals surface area (Å²) in [6.45, 7) is 2.44. The lowest BCUT2D eigenvalue weighted by molar-refractivity contribution is 0.780. The predicted octanol–water partition coefficient (Wildman–Crippen LogP) is 1.90. The highest BCUT2D eigenvalue weighted by atomic mass is 15.0. The monoisotopic (exact) mass is 228 g/mol. The van der Waals surface area contributed by atoms with E-state index >= 15 is 0 Å². The largest absolute Gasteiger partial charge is 0.360 e. The fourth-order valence-electron chi connectivity index (χ4n) is 1.68. The third-order valence-corrected chi connectivity index (χ3v) is 2.63. The van der Waals surface area contributed by atoms with Crippen LogP contribution in [0.5, 0.6) is 0 Å². The van der Waals surface area contributed by atoms with Crippen LogP contribution in [0.2, 0.25) is 0 Å². The summed E-state index contributed by atoms with van der Waals surface area (Å²) in [5, 5.41) is 3.31. The Morgan fingerprint density at radius 1 is 1.18 bits per heavy atom. The molecule has 0 amide bonds. The number of nitrogens with one attached hydrogen (secondary N) is 1. The molecule has 0 radical (unpaired) electrons. The van der Waals surface area contributed by atoms with Gasteiger partial charge in [-0.3, -0.25) is 4.98 Å². The van der Waals surface area contributed by atoms with Crippen LogP contribution in [0.3, 0.4) is 0 Å². The van der Waals surface area contributed by atoms with Crippen molar-refractivity contribution in [2.24, 2.45) is 5.73 Å². The second-order valence-electron chi connectivity index (χ2n) is 3.83. The first-order valence-electron chi connectivity index (χ1n) is 5.60. The van der Waals surface area contributed by atoms with Gasteiger partial charge in [0.2, 0.25) is 0 Å². The summed E-state index contributed by atoms with van der Waals surface area (Å²) in [7, 11) is 0. The van der Waals surface area contributed by atoms with Crippen LogP contribution in [-0.4, -0.2) is 16.5 Å². The number of nitrogens with two attached hydrogens (primary N) is 1. The van der Waals surface area contributed by atoms with E-state index in [-0.39, 0.29) is 6.04 Å². The van der Waals surface area contributed by atoms with Gasteiger partial charge in [-0.05, 0) is 12.5 Å². The van der Waals surface area contributed by atoms with Crippen molar-refractivity contribution >= 4 is 5.82 Å². The lowest BCUT2D eigenvalue weighted by Gasteiger charge is -2.18. The van der Waals surface area contributed by atoms with Gasteiger partial charge in [0, 0.05) is 18.9 Å². The van der Waals surface area contributed by atoms with Crippen molar-refractivity contribution in [3.8, 4) is 0 Å². The molecule has 17 heavy (non-hydrogen) atoms. The molecule has 2 rings (SSSR count). The summed E-state index contributed by atoms with van der Waals surface area (Å²) >= 11 is 0. The number of benzene rings is 1. The minimum atomic E-state index is 0.0617. The summed E-state index contributed by atoms with van der Waals surface area (Å²) in [5.74, 6) is 0.784. The fourth-order valence-corrected chi connectivity index (χ4v) is 1.68. The van der Waals surface area contributed by atoms with Gasteiger partial charge < -0.3 is 11.1 Å². The van der Waals surface area contributed by atoms with E-state index in [2.05, 4.69) is 27.4 Å². The number of rotatable bonds is 4. The lowest BCUT2D eigenvalue weighted by atomic mass is 10.1. The van der Waals surface area contributed by atoms with Crippen molar-refractivity contribution in [3.63, 3.8) is 0 Å². The Bertz CT molecular complexity index is 470. The van der Waals surface area contributed by atoms with Crippen molar-refractivity contribution in [2.45, 2.75) is 13.0 Å². The Morgan fingerprint density at radius 3 is 2.53 bits per heavy atom. The molecule has 0 aliphatic rings. The number of hydrogen-bond donors (Lipinski definition) is 2. The molecule has 0 saturated carbocycles. The maximum atomic E-state index is 5.79. The van der Waals surface area contributed by atoms with E-state index in [1.807, 2.05) is 25.1 Å². The van der Waals surface area contributed by atoms with Gasteiger partial charge in [0.25, 0.3) is 0 Å². The Kier molecular flexibility index (Phi) is 3.67. The van der Waals surface area contributed by atoms with Crippen LogP contribution in [0, 0.1) is 6.92 Å². The Labute approximate surface area is 101 Å². The van der Waals surface area contributed by atoms with E-state index in [4.69, 9.17) is 5.73 Å². The smallest absolute Gasteiger partial charge is 0.147 e. The van der Waals surface area contributed by atoms with Gasteiger partial charge in [-0.2, -0.15) is 0 Å². The van der Waals surface area contributed by atoms with E-state index < -0.39 is 0 Å². The first kappa shape index (κ1) is 11.5. The second kappa shape index (κ2) is 5.41. The molecule has 0 bridgehead atoms. The standard InChI is InChI=1S/C13H16N4/c1-10-13(16-8-7-15-10)17-12(9-14)11-5-3-2-4-6-11/h2-8,12H,9,14H2,1H3,(H,16,17). The molecular formula is C13H16N4. The molecule has 1 heterocycles. The molecule has 1 aromatic carbocycles. The van der Waals surface area contributed by atoms with Gasteiger partial charge in [0.1, 0.15) is 5.82 Å². The van der Waals surface area contributed by atoms with Crippen LogP contribution in [-0.2, 0) is 0 Å². The molecule has 0 fully saturated rings. The number of hydrogen-bond acceptors (Lipinski definition) is 4. The minimum absolute atomic E-state index is 0.0617. The minimum Gasteiger partial charge on any atom is -0.360 e. The molecule has 1 aromatic heterocycles. The molecule has 3 N–H and O–H groups in total. The van der Waals surface area contributed by atoms with Crippen LogP contribution >= 0.6 is 0 Å². The molecule has 88 valence electrons. The number of aromatic nitrogens is 2. The molecule has 2 aromatic rings. The molecule has 1 unspecified atom stereocenters. The van der Waals surface area contributed by atoms with Gasteiger partial charge >= 0.3 is 0 Å². The zero-order valence-electron chi connectivity index (χ0n) is 9.80. The van der Waals surface area contributed by atoms with E-state index in [0.717, 1.165) is 17.1 Å². The third kappa shape index (κ3) is 2.79. The average molecular weight is 228 g/mol. The van der Waals surface area contributed by atoms with Gasteiger partial charge in [-0.1, -0.05) is 30.3 Å². The zero-order chi connectivity index (χ0) is 12.1. The lowest BCUT2D eigenvalue weighted by Crippen LogP contribution is -2.21. The fraction of sp³-hybridized carbons (Fsp3) is 0.231. The highest BCUT2D eigenvalue weighted by Gasteiger charge is 2.10. The summed E-state index contributed by atoms with van der Waals surface area (Å²) in [4.78, 5) is 8.46. The summed E-state index contributed by atoms with van der Waals surface area (Å²) < 4.78 is 0. The van der Waals surface area contributed by atoms with Crippen molar-refractivity contribution in [3.05, 3.63) is 54.0 Å². The molecule has 4 nitrogen and oxygen atoms in total. The van der Waals surface area contributed by atoms with Gasteiger partial charge in [-0.15, -0.1) is 0 Å². The van der Waals surface area contributed by atoms with Crippen molar-refractivity contribution in [1.29, 1.82) is 0 Å². The van der Waals surface area contributed by atoms with Crippen molar-refractivity contribution in [1.82, 2.24) is 9.97 Å². The van der Waals surface area contributed by atoms with Crippen molar-refractivity contribution in [2.75, 3.05) is 11.9 Å². The summed E-state index contributed by atoms with van der Waals surface area (Å²) in [6.07, 6.45) is 3.36. The zero-order valence-corrected chi connectivity index (χ0v) is 9.80. The van der Waals surface area contributed by atoms with Crippen LogP contribution in [0.15, 0.2) is 42.7 Å². The predicted molar refractivity (Wildman–Crippen MR) is 68.6 cm³/mol. The Morgan fingerprint density at radius 2 is 1.88 bits per heavy atom. The maximum Gasteiger partial charge on any atom is 0.147 e. The normalized spacial score (nSPS) is 12.1. The molecule has 1 atom stereocenters. The summed E-state index contributed by atoms with van der Waals surface area (Å²) in [6, 6.07) is 10.2. The topological polar surface area (TPSA) is 63.8 Å². The van der Waals surface area contributed by atoms with E-state index in [1.165, 1.54) is 0 Å². The number of nitrogens with zero attached hydrogens (tertiary/aromatic N) is 2. The van der Waals surface area contributed by atoms with Gasteiger partial charge in [0.05, 0.1) is 11.7 Å². The van der Waals surface area contributed by atoms with E-state index in [1.54, 1.807) is 12.4 Å². The number of anilines is 1.